The third-order valence-corrected chi connectivity index (χ3v) is 4.80. The number of hydrogen-bond acceptors (Lipinski definition) is 2. The van der Waals surface area contributed by atoms with Crippen LogP contribution in [0.3, 0.4) is 0 Å². The van der Waals surface area contributed by atoms with Gasteiger partial charge in [0.1, 0.15) is 0 Å². The number of fused-ring (bicyclic) bond motifs is 4. The summed E-state index contributed by atoms with van der Waals surface area (Å²) in [4.78, 5) is 11.9. The van der Waals surface area contributed by atoms with E-state index in [-0.39, 0.29) is 17.1 Å². The first-order valence-electron chi connectivity index (χ1n) is 6.51. The number of carbonyl (C=O) groups excluding carboxylic acids is 1. The summed E-state index contributed by atoms with van der Waals surface area (Å²) in [5, 5.41) is 0. The lowest BCUT2D eigenvalue weighted by Crippen LogP contribution is -2.50. The Kier molecular flexibility index (Phi) is 2.05. The van der Waals surface area contributed by atoms with Gasteiger partial charge in [-0.2, -0.15) is 0 Å². The quantitative estimate of drug-likeness (QED) is 0.649. The highest BCUT2D eigenvalue weighted by molar-refractivity contribution is 5.99. The SMILES string of the molecule is CC1=C2C[C@@]3(C)C=C[C@](C(C)C)(O3)[C@H]2CC1=O. The summed E-state index contributed by atoms with van der Waals surface area (Å²) in [6.07, 6.45) is 5.96. The monoisotopic (exact) mass is 232 g/mol. The molecule has 1 aliphatic carbocycles. The molecule has 2 aliphatic heterocycles. The summed E-state index contributed by atoms with van der Waals surface area (Å²) < 4.78 is 6.35. The average molecular weight is 232 g/mol. The fourth-order valence-electron chi connectivity index (χ4n) is 3.74. The molecule has 2 heterocycles. The van der Waals surface area contributed by atoms with Gasteiger partial charge in [0, 0.05) is 18.8 Å². The van der Waals surface area contributed by atoms with Crippen molar-refractivity contribution in [3.05, 3.63) is 23.3 Å². The van der Waals surface area contributed by atoms with Crippen LogP contribution in [0.25, 0.3) is 0 Å². The first kappa shape index (κ1) is 11.2. The second-order valence-corrected chi connectivity index (χ2v) is 6.26. The van der Waals surface area contributed by atoms with Gasteiger partial charge in [0.15, 0.2) is 5.78 Å². The molecule has 3 rings (SSSR count). The maximum Gasteiger partial charge on any atom is 0.159 e. The van der Waals surface area contributed by atoms with E-state index in [1.807, 2.05) is 6.92 Å². The molecule has 0 amide bonds. The number of allylic oxidation sites excluding steroid dienone is 1. The predicted molar refractivity (Wildman–Crippen MR) is 66.6 cm³/mol. The molecule has 2 nitrogen and oxygen atoms in total. The molecule has 3 aliphatic rings. The molecule has 3 atom stereocenters. The molecule has 0 spiro atoms. The fraction of sp³-hybridized carbons (Fsp3) is 0.667. The lowest BCUT2D eigenvalue weighted by molar-refractivity contribution is -0.148. The molecular formula is C15H20O2. The highest BCUT2D eigenvalue weighted by atomic mass is 16.5. The molecule has 0 saturated carbocycles. The minimum atomic E-state index is -0.240. The molecule has 0 unspecified atom stereocenters. The largest absolute Gasteiger partial charge is 0.359 e. The zero-order valence-corrected chi connectivity index (χ0v) is 11.0. The zero-order chi connectivity index (χ0) is 12.4. The van der Waals surface area contributed by atoms with Crippen LogP contribution in [-0.4, -0.2) is 17.0 Å². The minimum Gasteiger partial charge on any atom is -0.359 e. The Labute approximate surface area is 103 Å². The maximum atomic E-state index is 11.9. The van der Waals surface area contributed by atoms with Gasteiger partial charge in [-0.3, -0.25) is 4.79 Å². The van der Waals surface area contributed by atoms with Crippen molar-refractivity contribution < 1.29 is 9.53 Å². The van der Waals surface area contributed by atoms with Crippen molar-refractivity contribution in [1.29, 1.82) is 0 Å². The summed E-state index contributed by atoms with van der Waals surface area (Å²) in [6.45, 7) is 8.50. The van der Waals surface area contributed by atoms with Crippen LogP contribution >= 0.6 is 0 Å². The van der Waals surface area contributed by atoms with Gasteiger partial charge in [0.05, 0.1) is 11.2 Å². The molecule has 0 N–H and O–H groups in total. The molecule has 1 saturated heterocycles. The van der Waals surface area contributed by atoms with Gasteiger partial charge >= 0.3 is 0 Å². The fourth-order valence-corrected chi connectivity index (χ4v) is 3.74. The van der Waals surface area contributed by atoms with E-state index in [1.54, 1.807) is 0 Å². The Hall–Kier alpha value is -0.890. The van der Waals surface area contributed by atoms with E-state index in [9.17, 15) is 4.79 Å². The van der Waals surface area contributed by atoms with Gasteiger partial charge in [0.25, 0.3) is 0 Å². The van der Waals surface area contributed by atoms with Crippen LogP contribution in [0.15, 0.2) is 23.3 Å². The van der Waals surface area contributed by atoms with E-state index in [2.05, 4.69) is 32.9 Å². The second-order valence-electron chi connectivity index (χ2n) is 6.26. The topological polar surface area (TPSA) is 26.3 Å². The van der Waals surface area contributed by atoms with Crippen LogP contribution in [0, 0.1) is 11.8 Å². The highest BCUT2D eigenvalue weighted by Crippen LogP contribution is 2.56. The Balaban J connectivity index is 2.14. The molecule has 1 fully saturated rings. The molecule has 0 aromatic carbocycles. The van der Waals surface area contributed by atoms with Gasteiger partial charge in [0.2, 0.25) is 0 Å². The van der Waals surface area contributed by atoms with E-state index in [1.165, 1.54) is 5.57 Å². The number of ether oxygens (including phenoxy) is 1. The molecule has 17 heavy (non-hydrogen) atoms. The first-order valence-corrected chi connectivity index (χ1v) is 6.51. The van der Waals surface area contributed by atoms with Gasteiger partial charge in [-0.05, 0) is 25.3 Å². The number of Topliss-reactive ketones (excluding diaryl/α,β-unsaturated/α-hetero) is 1. The zero-order valence-electron chi connectivity index (χ0n) is 11.0. The summed E-state index contributed by atoms with van der Waals surface area (Å²) in [6, 6.07) is 0. The second kappa shape index (κ2) is 3.11. The van der Waals surface area contributed by atoms with Gasteiger partial charge in [-0.25, -0.2) is 0 Å². The molecule has 2 bridgehead atoms. The summed E-state index contributed by atoms with van der Waals surface area (Å²) in [7, 11) is 0. The summed E-state index contributed by atoms with van der Waals surface area (Å²) in [5.41, 5.74) is 1.92. The number of hydrogen-bond donors (Lipinski definition) is 0. The molecule has 92 valence electrons. The van der Waals surface area contributed by atoms with Crippen LogP contribution in [0.2, 0.25) is 0 Å². The van der Waals surface area contributed by atoms with E-state index in [0.29, 0.717) is 18.1 Å². The molecule has 0 aromatic heterocycles. The van der Waals surface area contributed by atoms with Crippen LogP contribution in [-0.2, 0) is 9.53 Å². The van der Waals surface area contributed by atoms with E-state index >= 15 is 0 Å². The third kappa shape index (κ3) is 1.28. The van der Waals surface area contributed by atoms with E-state index < -0.39 is 0 Å². The number of rotatable bonds is 1. The van der Waals surface area contributed by atoms with Crippen molar-refractivity contribution in [2.75, 3.05) is 0 Å². The van der Waals surface area contributed by atoms with Crippen LogP contribution < -0.4 is 0 Å². The van der Waals surface area contributed by atoms with Crippen molar-refractivity contribution >= 4 is 5.78 Å². The van der Waals surface area contributed by atoms with Crippen LogP contribution in [0.5, 0.6) is 0 Å². The normalized spacial score (nSPS) is 43.8. The number of carbonyl (C=O) groups is 1. The average Bonchev–Trinajstić information content (AvgIpc) is 2.70. The molecule has 2 heteroatoms. The third-order valence-electron chi connectivity index (χ3n) is 4.80. The first-order chi connectivity index (χ1) is 7.88. The standard InChI is InChI=1S/C15H20O2/c1-9(2)15-6-5-14(4,17-15)8-11-10(3)13(16)7-12(11)15/h5-6,9,12H,7-8H2,1-4H3/t12-,14+,15+/m0/s1. The van der Waals surface area contributed by atoms with Crippen molar-refractivity contribution in [2.24, 2.45) is 11.8 Å². The Morgan fingerprint density at radius 1 is 1.41 bits per heavy atom. The van der Waals surface area contributed by atoms with Crippen molar-refractivity contribution in [1.82, 2.24) is 0 Å². The predicted octanol–water partition coefficient (Wildman–Crippen LogP) is 3.04. The molecule has 0 aromatic rings. The van der Waals surface area contributed by atoms with Gasteiger partial charge in [-0.1, -0.05) is 31.6 Å². The van der Waals surface area contributed by atoms with Crippen molar-refractivity contribution in [2.45, 2.75) is 51.7 Å². The lowest BCUT2D eigenvalue weighted by atomic mass is 9.73. The highest BCUT2D eigenvalue weighted by Gasteiger charge is 2.57. The van der Waals surface area contributed by atoms with E-state index in [4.69, 9.17) is 4.74 Å². The van der Waals surface area contributed by atoms with Crippen molar-refractivity contribution in [3.8, 4) is 0 Å². The van der Waals surface area contributed by atoms with Gasteiger partial charge in [-0.15, -0.1) is 0 Å². The summed E-state index contributed by atoms with van der Waals surface area (Å²) >= 11 is 0. The molecular weight excluding hydrogens is 212 g/mol. The van der Waals surface area contributed by atoms with E-state index in [0.717, 1.165) is 12.0 Å². The smallest absolute Gasteiger partial charge is 0.159 e. The molecule has 0 radical (unpaired) electrons. The van der Waals surface area contributed by atoms with Gasteiger partial charge < -0.3 is 4.74 Å². The summed E-state index contributed by atoms with van der Waals surface area (Å²) in [5.74, 6) is 1.000. The maximum absolute atomic E-state index is 11.9. The van der Waals surface area contributed by atoms with Crippen molar-refractivity contribution in [3.63, 3.8) is 0 Å². The Morgan fingerprint density at radius 3 is 2.76 bits per heavy atom. The minimum absolute atomic E-state index is 0.192. The van der Waals surface area contributed by atoms with Crippen LogP contribution in [0.1, 0.15) is 40.5 Å². The lowest BCUT2D eigenvalue weighted by Gasteiger charge is -2.47. The Morgan fingerprint density at radius 2 is 2.12 bits per heavy atom. The Bertz CT molecular complexity index is 458. The van der Waals surface area contributed by atoms with Crippen LogP contribution in [0.4, 0.5) is 0 Å². The number of ketones is 1.